The third-order valence-electron chi connectivity index (χ3n) is 3.63. The van der Waals surface area contributed by atoms with E-state index in [2.05, 4.69) is 19.2 Å². The molecule has 0 aromatic heterocycles. The molecule has 2 rings (SSSR count). The first-order chi connectivity index (χ1) is 8.45. The second-order valence-electron chi connectivity index (χ2n) is 5.61. The molecule has 1 saturated carbocycles. The Kier molecular flexibility index (Phi) is 4.35. The van der Waals surface area contributed by atoms with Crippen LogP contribution in [0.25, 0.3) is 0 Å². The minimum Gasteiger partial charge on any atom is -0.397 e. The van der Waals surface area contributed by atoms with E-state index < -0.39 is 0 Å². The minimum atomic E-state index is -0.204. The molecule has 0 heterocycles. The van der Waals surface area contributed by atoms with Gasteiger partial charge in [-0.2, -0.15) is 0 Å². The zero-order valence-electron chi connectivity index (χ0n) is 10.8. The van der Waals surface area contributed by atoms with Gasteiger partial charge < -0.3 is 11.1 Å². The van der Waals surface area contributed by atoms with Gasteiger partial charge in [-0.15, -0.1) is 0 Å². The van der Waals surface area contributed by atoms with Gasteiger partial charge in [-0.05, 0) is 59.8 Å². The van der Waals surface area contributed by atoms with Gasteiger partial charge in [-0.1, -0.05) is 13.8 Å². The first-order valence-electron chi connectivity index (χ1n) is 6.46. The van der Waals surface area contributed by atoms with Crippen molar-refractivity contribution >= 4 is 34.0 Å². The van der Waals surface area contributed by atoms with Crippen molar-refractivity contribution in [2.45, 2.75) is 39.2 Å². The first kappa shape index (κ1) is 13.9. The lowest BCUT2D eigenvalue weighted by atomic mass is 9.80. The fourth-order valence-electron chi connectivity index (χ4n) is 2.97. The van der Waals surface area contributed by atoms with Gasteiger partial charge in [-0.3, -0.25) is 0 Å². The number of nitrogen functional groups attached to an aromatic ring is 1. The van der Waals surface area contributed by atoms with Crippen LogP contribution in [0, 0.1) is 21.2 Å². The monoisotopic (exact) mass is 362 g/mol. The topological polar surface area (TPSA) is 38.0 Å². The average molecular weight is 362 g/mol. The summed E-state index contributed by atoms with van der Waals surface area (Å²) in [6.45, 7) is 4.56. The molecule has 1 aliphatic carbocycles. The molecule has 4 heteroatoms. The van der Waals surface area contributed by atoms with Gasteiger partial charge in [0.2, 0.25) is 0 Å². The number of rotatable bonds is 2. The van der Waals surface area contributed by atoms with Crippen molar-refractivity contribution in [1.82, 2.24) is 0 Å². The van der Waals surface area contributed by atoms with E-state index >= 15 is 0 Å². The van der Waals surface area contributed by atoms with E-state index in [4.69, 9.17) is 5.73 Å². The normalized spacial score (nSPS) is 28.1. The van der Waals surface area contributed by atoms with Crippen molar-refractivity contribution in [2.75, 3.05) is 11.1 Å². The number of hydrogen-bond donors (Lipinski definition) is 2. The molecule has 0 radical (unpaired) electrons. The number of anilines is 2. The highest BCUT2D eigenvalue weighted by atomic mass is 127. The van der Waals surface area contributed by atoms with Crippen molar-refractivity contribution < 1.29 is 4.39 Å². The summed E-state index contributed by atoms with van der Waals surface area (Å²) in [6, 6.07) is 3.61. The molecule has 2 atom stereocenters. The number of benzene rings is 1. The van der Waals surface area contributed by atoms with Gasteiger partial charge in [0.1, 0.15) is 5.82 Å². The van der Waals surface area contributed by atoms with E-state index in [-0.39, 0.29) is 5.82 Å². The van der Waals surface area contributed by atoms with Crippen LogP contribution in [-0.2, 0) is 0 Å². The lowest BCUT2D eigenvalue weighted by molar-refractivity contribution is 0.281. The van der Waals surface area contributed by atoms with Crippen LogP contribution in [-0.4, -0.2) is 6.04 Å². The fourth-order valence-corrected chi connectivity index (χ4v) is 3.46. The molecule has 1 aromatic rings. The van der Waals surface area contributed by atoms with Gasteiger partial charge in [-0.25, -0.2) is 4.39 Å². The second-order valence-corrected chi connectivity index (χ2v) is 6.77. The standard InChI is InChI=1S/C14H20FIN2/c1-8-3-9(2)5-10(4-8)18-14-6-11(15)12(16)7-13(14)17/h6-10,18H,3-5,17H2,1-2H3. The summed E-state index contributed by atoms with van der Waals surface area (Å²) < 4.78 is 14.1. The quantitative estimate of drug-likeness (QED) is 0.610. The van der Waals surface area contributed by atoms with Gasteiger partial charge in [0.05, 0.1) is 14.9 Å². The summed E-state index contributed by atoms with van der Waals surface area (Å²) >= 11 is 1.96. The molecule has 3 N–H and O–H groups in total. The Morgan fingerprint density at radius 1 is 1.22 bits per heavy atom. The molecular weight excluding hydrogens is 342 g/mol. The van der Waals surface area contributed by atoms with Crippen molar-refractivity contribution in [3.63, 3.8) is 0 Å². The summed E-state index contributed by atoms with van der Waals surface area (Å²) in [7, 11) is 0. The Morgan fingerprint density at radius 3 is 2.44 bits per heavy atom. The van der Waals surface area contributed by atoms with Gasteiger partial charge in [0.25, 0.3) is 0 Å². The number of nitrogens with two attached hydrogens (primary N) is 1. The summed E-state index contributed by atoms with van der Waals surface area (Å²) in [4.78, 5) is 0. The van der Waals surface area contributed by atoms with Crippen LogP contribution in [0.1, 0.15) is 33.1 Å². The molecule has 100 valence electrons. The third kappa shape index (κ3) is 3.28. The predicted molar refractivity (Wildman–Crippen MR) is 83.1 cm³/mol. The van der Waals surface area contributed by atoms with Crippen LogP contribution in [0.5, 0.6) is 0 Å². The molecule has 0 bridgehead atoms. The zero-order chi connectivity index (χ0) is 13.3. The number of hydrogen-bond acceptors (Lipinski definition) is 2. The molecular formula is C14H20FIN2. The predicted octanol–water partition coefficient (Wildman–Crippen LogP) is 4.25. The van der Waals surface area contributed by atoms with Crippen LogP contribution in [0.2, 0.25) is 0 Å². The van der Waals surface area contributed by atoms with Crippen molar-refractivity contribution in [3.05, 3.63) is 21.5 Å². The van der Waals surface area contributed by atoms with E-state index in [9.17, 15) is 4.39 Å². The molecule has 0 spiro atoms. The Bertz CT molecular complexity index is 426. The maximum Gasteiger partial charge on any atom is 0.138 e. The summed E-state index contributed by atoms with van der Waals surface area (Å²) in [5.74, 6) is 1.24. The second kappa shape index (κ2) is 5.63. The molecule has 1 aromatic carbocycles. The van der Waals surface area contributed by atoms with Gasteiger partial charge in [0.15, 0.2) is 0 Å². The molecule has 0 aliphatic heterocycles. The van der Waals surface area contributed by atoms with Crippen molar-refractivity contribution in [2.24, 2.45) is 11.8 Å². The number of halogens is 2. The molecule has 1 fully saturated rings. The highest BCUT2D eigenvalue weighted by molar-refractivity contribution is 14.1. The molecule has 18 heavy (non-hydrogen) atoms. The van der Waals surface area contributed by atoms with Crippen LogP contribution >= 0.6 is 22.6 Å². The zero-order valence-corrected chi connectivity index (χ0v) is 13.0. The lowest BCUT2D eigenvalue weighted by Gasteiger charge is -2.33. The Morgan fingerprint density at radius 2 is 1.83 bits per heavy atom. The molecule has 0 saturated heterocycles. The van der Waals surface area contributed by atoms with Gasteiger partial charge >= 0.3 is 0 Å². The van der Waals surface area contributed by atoms with Crippen LogP contribution in [0.15, 0.2) is 12.1 Å². The summed E-state index contributed by atoms with van der Waals surface area (Å²) in [6.07, 6.45) is 3.56. The Hall–Kier alpha value is -0.520. The highest BCUT2D eigenvalue weighted by Crippen LogP contribution is 2.32. The van der Waals surface area contributed by atoms with E-state index in [0.29, 0.717) is 15.3 Å². The van der Waals surface area contributed by atoms with Crippen LogP contribution in [0.4, 0.5) is 15.8 Å². The van der Waals surface area contributed by atoms with Gasteiger partial charge in [0, 0.05) is 12.1 Å². The molecule has 2 unspecified atom stereocenters. The van der Waals surface area contributed by atoms with Crippen LogP contribution in [0.3, 0.4) is 0 Å². The fraction of sp³-hybridized carbons (Fsp3) is 0.571. The van der Waals surface area contributed by atoms with Crippen molar-refractivity contribution in [1.29, 1.82) is 0 Å². The Labute approximate surface area is 122 Å². The average Bonchev–Trinajstić information content (AvgIpc) is 2.24. The van der Waals surface area contributed by atoms with E-state index in [0.717, 1.165) is 30.4 Å². The maximum atomic E-state index is 13.6. The van der Waals surface area contributed by atoms with E-state index in [1.54, 1.807) is 6.07 Å². The maximum absolute atomic E-state index is 13.6. The highest BCUT2D eigenvalue weighted by Gasteiger charge is 2.24. The Balaban J connectivity index is 2.11. The third-order valence-corrected chi connectivity index (χ3v) is 4.46. The number of nitrogens with one attached hydrogen (secondary N) is 1. The van der Waals surface area contributed by atoms with E-state index in [1.807, 2.05) is 22.6 Å². The summed E-state index contributed by atoms with van der Waals surface area (Å²) in [5, 5.41) is 3.41. The summed E-state index contributed by atoms with van der Waals surface area (Å²) in [5.41, 5.74) is 7.31. The molecule has 0 amide bonds. The van der Waals surface area contributed by atoms with Crippen molar-refractivity contribution in [3.8, 4) is 0 Å². The lowest BCUT2D eigenvalue weighted by Crippen LogP contribution is -2.30. The SMILES string of the molecule is CC1CC(C)CC(Nc2cc(F)c(I)cc2N)C1. The minimum absolute atomic E-state index is 0.204. The van der Waals surface area contributed by atoms with E-state index in [1.165, 1.54) is 12.5 Å². The first-order valence-corrected chi connectivity index (χ1v) is 7.54. The van der Waals surface area contributed by atoms with Crippen LogP contribution < -0.4 is 11.1 Å². The smallest absolute Gasteiger partial charge is 0.138 e. The molecule has 1 aliphatic rings. The largest absolute Gasteiger partial charge is 0.397 e. The molecule has 2 nitrogen and oxygen atoms in total.